The van der Waals surface area contributed by atoms with Gasteiger partial charge in [0, 0.05) is 18.1 Å². The number of Topliss-reactive ketones (excluding diaryl/α,β-unsaturated/α-hetero) is 1. The molecular formula is C20H15ClF3NO3. The molecule has 0 aliphatic carbocycles. The fourth-order valence-corrected chi connectivity index (χ4v) is 2.81. The summed E-state index contributed by atoms with van der Waals surface area (Å²) in [6, 6.07) is 7.98. The number of carbonyl (C=O) groups excluding carboxylic acids is 1. The highest BCUT2D eigenvalue weighted by atomic mass is 35.5. The summed E-state index contributed by atoms with van der Waals surface area (Å²) in [5.74, 6) is 0.454. The molecule has 146 valence electrons. The van der Waals surface area contributed by atoms with Crippen LogP contribution in [0.15, 0.2) is 47.1 Å². The van der Waals surface area contributed by atoms with Gasteiger partial charge in [0.05, 0.1) is 10.6 Å². The van der Waals surface area contributed by atoms with E-state index < -0.39 is 11.7 Å². The van der Waals surface area contributed by atoms with Crippen molar-refractivity contribution in [3.63, 3.8) is 0 Å². The first-order chi connectivity index (χ1) is 13.1. The molecule has 0 amide bonds. The standard InChI is InChI=1S/C20H15ClF3NO3/c1-11(26)14-5-13(6-15(7-14)18-10-27-12(2)25-18)9-28-19-4-3-16(8-17(19)21)20(22,23)24/h3-8,10H,9H2,1-2H3. The van der Waals surface area contributed by atoms with Gasteiger partial charge in [0.25, 0.3) is 0 Å². The number of halogens is 4. The molecule has 0 N–H and O–H groups in total. The van der Waals surface area contributed by atoms with E-state index in [1.165, 1.54) is 19.3 Å². The lowest BCUT2D eigenvalue weighted by Gasteiger charge is -2.12. The van der Waals surface area contributed by atoms with Crippen LogP contribution in [0.3, 0.4) is 0 Å². The third kappa shape index (κ3) is 4.54. The van der Waals surface area contributed by atoms with Gasteiger partial charge in [0.1, 0.15) is 24.3 Å². The van der Waals surface area contributed by atoms with Gasteiger partial charge in [0.2, 0.25) is 0 Å². The number of nitrogens with zero attached hydrogens (tertiary/aromatic N) is 1. The van der Waals surface area contributed by atoms with E-state index in [0.29, 0.717) is 28.3 Å². The monoisotopic (exact) mass is 409 g/mol. The Kier molecular flexibility index (Phi) is 5.47. The fraction of sp³-hybridized carbons (Fsp3) is 0.200. The summed E-state index contributed by atoms with van der Waals surface area (Å²) in [5.41, 5.74) is 1.47. The normalized spacial score (nSPS) is 11.5. The van der Waals surface area contributed by atoms with Gasteiger partial charge in [-0.1, -0.05) is 11.6 Å². The van der Waals surface area contributed by atoms with Crippen molar-refractivity contribution >= 4 is 17.4 Å². The number of ketones is 1. The Morgan fingerprint density at radius 2 is 1.96 bits per heavy atom. The number of aromatic nitrogens is 1. The highest BCUT2D eigenvalue weighted by Gasteiger charge is 2.31. The van der Waals surface area contributed by atoms with Gasteiger partial charge in [-0.2, -0.15) is 13.2 Å². The number of ether oxygens (including phenoxy) is 1. The topological polar surface area (TPSA) is 52.3 Å². The minimum atomic E-state index is -4.48. The summed E-state index contributed by atoms with van der Waals surface area (Å²) >= 11 is 5.91. The Morgan fingerprint density at radius 1 is 1.21 bits per heavy atom. The van der Waals surface area contributed by atoms with E-state index in [4.69, 9.17) is 20.8 Å². The molecule has 0 unspecified atom stereocenters. The Labute approximate surface area is 163 Å². The third-order valence-electron chi connectivity index (χ3n) is 3.97. The molecule has 0 aliphatic heterocycles. The molecule has 0 radical (unpaired) electrons. The molecule has 0 saturated heterocycles. The van der Waals surface area contributed by atoms with Gasteiger partial charge in [-0.25, -0.2) is 4.98 Å². The number of hydrogen-bond acceptors (Lipinski definition) is 4. The average Bonchev–Trinajstić information content (AvgIpc) is 3.06. The maximum absolute atomic E-state index is 12.7. The van der Waals surface area contributed by atoms with Crippen LogP contribution < -0.4 is 4.74 Å². The molecule has 0 fully saturated rings. The summed E-state index contributed by atoms with van der Waals surface area (Å²) in [4.78, 5) is 16.1. The maximum atomic E-state index is 12.7. The van der Waals surface area contributed by atoms with Gasteiger partial charge in [0.15, 0.2) is 11.7 Å². The van der Waals surface area contributed by atoms with Gasteiger partial charge >= 0.3 is 6.18 Å². The summed E-state index contributed by atoms with van der Waals surface area (Å²) < 4.78 is 49.0. The fourth-order valence-electron chi connectivity index (χ4n) is 2.58. The molecule has 0 atom stereocenters. The molecule has 0 bridgehead atoms. The predicted octanol–water partition coefficient (Wildman–Crippen LogP) is 6.10. The molecule has 0 spiro atoms. The SMILES string of the molecule is CC(=O)c1cc(COc2ccc(C(F)(F)F)cc2Cl)cc(-c2coc(C)n2)c1. The van der Waals surface area contributed by atoms with Crippen LogP contribution in [-0.2, 0) is 12.8 Å². The minimum Gasteiger partial charge on any atom is -0.487 e. The molecule has 0 aliphatic rings. The Hall–Kier alpha value is -2.80. The highest BCUT2D eigenvalue weighted by molar-refractivity contribution is 6.32. The van der Waals surface area contributed by atoms with Crippen molar-refractivity contribution in [2.24, 2.45) is 0 Å². The third-order valence-corrected chi connectivity index (χ3v) is 4.26. The van der Waals surface area contributed by atoms with Crippen LogP contribution in [0.1, 0.15) is 34.3 Å². The van der Waals surface area contributed by atoms with Gasteiger partial charge < -0.3 is 9.15 Å². The van der Waals surface area contributed by atoms with Crippen LogP contribution in [-0.4, -0.2) is 10.8 Å². The first kappa shape index (κ1) is 19.9. The average molecular weight is 410 g/mol. The second kappa shape index (κ2) is 7.67. The lowest BCUT2D eigenvalue weighted by Crippen LogP contribution is -2.05. The molecule has 1 heterocycles. The number of oxazole rings is 1. The Bertz CT molecular complexity index is 1030. The molecule has 8 heteroatoms. The quantitative estimate of drug-likeness (QED) is 0.477. The second-order valence-corrected chi connectivity index (χ2v) is 6.57. The van der Waals surface area contributed by atoms with Crippen molar-refractivity contribution in [2.75, 3.05) is 0 Å². The smallest absolute Gasteiger partial charge is 0.416 e. The number of carbonyl (C=O) groups is 1. The first-order valence-electron chi connectivity index (χ1n) is 8.20. The van der Waals surface area contributed by atoms with Crippen LogP contribution >= 0.6 is 11.6 Å². The van der Waals surface area contributed by atoms with E-state index >= 15 is 0 Å². The van der Waals surface area contributed by atoms with Gasteiger partial charge in [-0.05, 0) is 48.9 Å². The van der Waals surface area contributed by atoms with Gasteiger partial charge in [-0.15, -0.1) is 0 Å². The van der Waals surface area contributed by atoms with E-state index in [1.807, 2.05) is 0 Å². The van der Waals surface area contributed by atoms with Crippen LogP contribution in [0.5, 0.6) is 5.75 Å². The number of benzene rings is 2. The van der Waals surface area contributed by atoms with Crippen molar-refractivity contribution in [3.05, 3.63) is 70.3 Å². The lowest BCUT2D eigenvalue weighted by molar-refractivity contribution is -0.137. The van der Waals surface area contributed by atoms with E-state index in [0.717, 1.165) is 12.1 Å². The molecule has 1 aromatic heterocycles. The first-order valence-corrected chi connectivity index (χ1v) is 8.58. The summed E-state index contributed by atoms with van der Waals surface area (Å²) in [5, 5.41) is -0.148. The number of alkyl halides is 3. The largest absolute Gasteiger partial charge is 0.487 e. The second-order valence-electron chi connectivity index (χ2n) is 6.16. The van der Waals surface area contributed by atoms with Gasteiger partial charge in [-0.3, -0.25) is 4.79 Å². The molecule has 2 aromatic carbocycles. The molecule has 4 nitrogen and oxygen atoms in total. The van der Waals surface area contributed by atoms with Crippen LogP contribution in [0.2, 0.25) is 5.02 Å². The predicted molar refractivity (Wildman–Crippen MR) is 97.5 cm³/mol. The van der Waals surface area contributed by atoms with Crippen LogP contribution in [0.4, 0.5) is 13.2 Å². The molecule has 0 saturated carbocycles. The number of hydrogen-bond donors (Lipinski definition) is 0. The summed E-state index contributed by atoms with van der Waals surface area (Å²) in [7, 11) is 0. The van der Waals surface area contributed by atoms with E-state index in [-0.39, 0.29) is 23.2 Å². The van der Waals surface area contributed by atoms with Crippen LogP contribution in [0, 0.1) is 6.92 Å². The minimum absolute atomic E-state index is 0.00996. The van der Waals surface area contributed by atoms with Crippen molar-refractivity contribution in [1.82, 2.24) is 4.98 Å². The van der Waals surface area contributed by atoms with Crippen molar-refractivity contribution in [1.29, 1.82) is 0 Å². The zero-order chi connectivity index (χ0) is 20.5. The Balaban J connectivity index is 1.86. The van der Waals surface area contributed by atoms with E-state index in [9.17, 15) is 18.0 Å². The highest BCUT2D eigenvalue weighted by Crippen LogP contribution is 2.35. The summed E-state index contributed by atoms with van der Waals surface area (Å²) in [6.07, 6.45) is -3.01. The zero-order valence-electron chi connectivity index (χ0n) is 14.9. The van der Waals surface area contributed by atoms with Crippen LogP contribution in [0.25, 0.3) is 11.3 Å². The molecule has 28 heavy (non-hydrogen) atoms. The maximum Gasteiger partial charge on any atom is 0.416 e. The molecule has 3 rings (SSSR count). The molecule has 3 aromatic rings. The van der Waals surface area contributed by atoms with E-state index in [1.54, 1.807) is 25.1 Å². The van der Waals surface area contributed by atoms with Crippen molar-refractivity contribution in [3.8, 4) is 17.0 Å². The van der Waals surface area contributed by atoms with Crippen molar-refractivity contribution < 1.29 is 27.1 Å². The number of rotatable bonds is 5. The number of aryl methyl sites for hydroxylation is 1. The molecular weight excluding hydrogens is 395 g/mol. The zero-order valence-corrected chi connectivity index (χ0v) is 15.7. The Morgan fingerprint density at radius 3 is 2.54 bits per heavy atom. The van der Waals surface area contributed by atoms with Crippen molar-refractivity contribution in [2.45, 2.75) is 26.6 Å². The lowest BCUT2D eigenvalue weighted by atomic mass is 10.0. The summed E-state index contributed by atoms with van der Waals surface area (Å²) in [6.45, 7) is 3.15. The van der Waals surface area contributed by atoms with E-state index in [2.05, 4.69) is 4.98 Å².